The topological polar surface area (TPSA) is 55.4 Å². The third-order valence-electron chi connectivity index (χ3n) is 4.46. The predicted octanol–water partition coefficient (Wildman–Crippen LogP) is 3.86. The zero-order valence-corrected chi connectivity index (χ0v) is 15.3. The van der Waals surface area contributed by atoms with Gasteiger partial charge in [0.25, 0.3) is 5.91 Å². The fourth-order valence-electron chi connectivity index (χ4n) is 2.76. The van der Waals surface area contributed by atoms with Gasteiger partial charge in [-0.25, -0.2) is 4.79 Å². The first kappa shape index (κ1) is 19.5. The molecule has 0 bridgehead atoms. The zero-order valence-electron chi connectivity index (χ0n) is 14.5. The Morgan fingerprint density at radius 2 is 1.57 bits per heavy atom. The van der Waals surface area contributed by atoms with E-state index in [1.54, 1.807) is 12.1 Å². The highest BCUT2D eigenvalue weighted by atomic mass is 35.5. The molecule has 0 saturated heterocycles. The van der Waals surface area contributed by atoms with Gasteiger partial charge in [0.2, 0.25) is 0 Å². The lowest BCUT2D eigenvalue weighted by Crippen LogP contribution is -2.52. The first-order chi connectivity index (χ1) is 10.8. The fourth-order valence-corrected chi connectivity index (χ4v) is 2.85. The van der Waals surface area contributed by atoms with Crippen molar-refractivity contribution in [2.75, 3.05) is 31.5 Å². The lowest BCUT2D eigenvalue weighted by atomic mass is 10.1. The molecular weight excluding hydrogens is 316 g/mol. The second-order valence-corrected chi connectivity index (χ2v) is 6.08. The van der Waals surface area contributed by atoms with Crippen molar-refractivity contribution in [1.82, 2.24) is 0 Å². The Kier molecular flexibility index (Phi) is 7.03. The van der Waals surface area contributed by atoms with Crippen molar-refractivity contribution < 1.29 is 18.8 Å². The number of quaternary nitrogens is 1. The summed E-state index contributed by atoms with van der Waals surface area (Å²) in [5.74, 6) is 0.364. The van der Waals surface area contributed by atoms with Crippen molar-refractivity contribution >= 4 is 28.6 Å². The summed E-state index contributed by atoms with van der Waals surface area (Å²) in [4.78, 5) is 23.3. The van der Waals surface area contributed by atoms with Crippen molar-refractivity contribution in [2.45, 2.75) is 34.6 Å². The Bertz CT molecular complexity index is 552. The van der Waals surface area contributed by atoms with E-state index in [2.05, 4.69) is 26.1 Å². The van der Waals surface area contributed by atoms with Crippen molar-refractivity contribution in [2.24, 2.45) is 0 Å². The average Bonchev–Trinajstić information content (AvgIpc) is 2.48. The Morgan fingerprint density at radius 1 is 1.09 bits per heavy atom. The number of amides is 1. The molecule has 0 aliphatic carbocycles. The van der Waals surface area contributed by atoms with Crippen LogP contribution in [0.5, 0.6) is 5.75 Å². The highest BCUT2D eigenvalue weighted by Gasteiger charge is 2.25. The van der Waals surface area contributed by atoms with Gasteiger partial charge in [-0.2, -0.15) is 0 Å². The molecule has 1 N–H and O–H groups in total. The highest BCUT2D eigenvalue weighted by Crippen LogP contribution is 2.27. The van der Waals surface area contributed by atoms with E-state index in [0.29, 0.717) is 12.3 Å². The van der Waals surface area contributed by atoms with E-state index in [1.165, 1.54) is 0 Å². The molecule has 23 heavy (non-hydrogen) atoms. The third-order valence-corrected chi connectivity index (χ3v) is 4.54. The van der Waals surface area contributed by atoms with Gasteiger partial charge in [-0.15, -0.1) is 0 Å². The molecule has 0 radical (unpaired) electrons. The van der Waals surface area contributed by atoms with Crippen LogP contribution in [-0.4, -0.2) is 42.0 Å². The van der Waals surface area contributed by atoms with Gasteiger partial charge in [-0.3, -0.25) is 4.79 Å². The predicted molar refractivity (Wildman–Crippen MR) is 93.2 cm³/mol. The molecule has 0 atom stereocenters. The third kappa shape index (κ3) is 5.22. The quantitative estimate of drug-likeness (QED) is 0.605. The van der Waals surface area contributed by atoms with Gasteiger partial charge in [-0.1, -0.05) is 0 Å². The van der Waals surface area contributed by atoms with Crippen LogP contribution in [-0.2, 0) is 4.79 Å². The lowest BCUT2D eigenvalue weighted by molar-refractivity contribution is -0.915. The van der Waals surface area contributed by atoms with Crippen LogP contribution in [0.2, 0.25) is 0 Å². The van der Waals surface area contributed by atoms with Gasteiger partial charge in [0.15, 0.2) is 6.54 Å². The number of carbonyl (C=O) groups is 2. The molecule has 0 heterocycles. The Labute approximate surface area is 143 Å². The largest absolute Gasteiger partial charge is 0.414 e. The van der Waals surface area contributed by atoms with Crippen LogP contribution < -0.4 is 10.1 Å². The minimum atomic E-state index is -0.878. The number of nitrogens with zero attached hydrogens (tertiary/aromatic N) is 1. The number of nitrogens with one attached hydrogen (secondary N) is 1. The molecule has 0 saturated carbocycles. The molecule has 1 rings (SSSR count). The number of anilines is 1. The number of likely N-dealkylation sites (N-methyl/N-ethyl adjacent to an activating group) is 1. The summed E-state index contributed by atoms with van der Waals surface area (Å²) in [5.41, 5.74) is 1.53. The molecule has 1 aromatic rings. The summed E-state index contributed by atoms with van der Waals surface area (Å²) < 4.78 is 5.64. The van der Waals surface area contributed by atoms with Crippen molar-refractivity contribution in [3.63, 3.8) is 0 Å². The second kappa shape index (κ2) is 8.31. The molecule has 5 nitrogen and oxygen atoms in total. The summed E-state index contributed by atoms with van der Waals surface area (Å²) in [5, 5.41) is 2.99. The number of hydrogen-bond acceptors (Lipinski definition) is 3. The van der Waals surface area contributed by atoms with Gasteiger partial charge >= 0.3 is 5.43 Å². The van der Waals surface area contributed by atoms with E-state index in [0.717, 1.165) is 40.9 Å². The Hall–Kier alpha value is -1.59. The van der Waals surface area contributed by atoms with Crippen molar-refractivity contribution in [3.8, 4) is 5.75 Å². The maximum absolute atomic E-state index is 12.4. The van der Waals surface area contributed by atoms with E-state index in [1.807, 2.05) is 13.8 Å². The van der Waals surface area contributed by atoms with E-state index in [-0.39, 0.29) is 5.91 Å². The maximum atomic E-state index is 12.4. The normalized spacial score (nSPS) is 11.2. The average molecular weight is 342 g/mol. The molecular formula is C17H26ClN2O3+. The molecule has 0 aliphatic heterocycles. The summed E-state index contributed by atoms with van der Waals surface area (Å²) in [6, 6.07) is 3.37. The first-order valence-electron chi connectivity index (χ1n) is 7.90. The number of ether oxygens (including phenoxy) is 1. The van der Waals surface area contributed by atoms with Crippen molar-refractivity contribution in [3.05, 3.63) is 23.3 Å². The fraction of sp³-hybridized carbons (Fsp3) is 0.529. The molecule has 0 aromatic heterocycles. The van der Waals surface area contributed by atoms with E-state index in [9.17, 15) is 9.59 Å². The highest BCUT2D eigenvalue weighted by molar-refractivity contribution is 6.61. The van der Waals surface area contributed by atoms with Crippen LogP contribution >= 0.6 is 11.6 Å². The molecule has 0 fully saturated rings. The van der Waals surface area contributed by atoms with Gasteiger partial charge in [0.05, 0.1) is 19.6 Å². The summed E-state index contributed by atoms with van der Waals surface area (Å²) in [7, 11) is 0. The summed E-state index contributed by atoms with van der Waals surface area (Å²) in [6.07, 6.45) is 0. The standard InChI is InChI=1S/C17H25ClN2O3/c1-6-20(7-2,8-3)11-15(21)19-16-12(4)9-14(10-13(16)5)23-17(18)22/h9-10H,6-8,11H2,1-5H3/p+1. The number of aryl methyl sites for hydroxylation is 2. The minimum absolute atomic E-state index is 0.0103. The van der Waals surface area contributed by atoms with Crippen LogP contribution in [0.1, 0.15) is 31.9 Å². The van der Waals surface area contributed by atoms with Crippen LogP contribution in [0, 0.1) is 13.8 Å². The van der Waals surface area contributed by atoms with Crippen LogP contribution in [0.3, 0.4) is 0 Å². The van der Waals surface area contributed by atoms with Crippen molar-refractivity contribution in [1.29, 1.82) is 0 Å². The first-order valence-corrected chi connectivity index (χ1v) is 8.28. The number of carbonyl (C=O) groups excluding carboxylic acids is 2. The number of rotatable bonds is 7. The SMILES string of the molecule is CC[N+](CC)(CC)CC(=O)Nc1c(C)cc(OC(=O)Cl)cc1C. The van der Waals surface area contributed by atoms with Gasteiger partial charge in [0, 0.05) is 17.3 Å². The molecule has 0 unspecified atom stereocenters. The second-order valence-electron chi connectivity index (χ2n) is 5.77. The van der Waals surface area contributed by atoms with Crippen LogP contribution in [0.4, 0.5) is 10.5 Å². The zero-order chi connectivity index (χ0) is 17.6. The van der Waals surface area contributed by atoms with E-state index in [4.69, 9.17) is 16.3 Å². The minimum Gasteiger partial charge on any atom is -0.414 e. The smallest absolute Gasteiger partial charge is 0.409 e. The lowest BCUT2D eigenvalue weighted by Gasteiger charge is -2.35. The van der Waals surface area contributed by atoms with E-state index < -0.39 is 5.43 Å². The molecule has 0 aliphatic rings. The Balaban J connectivity index is 2.92. The molecule has 128 valence electrons. The molecule has 0 spiro atoms. The number of hydrogen-bond donors (Lipinski definition) is 1. The number of halogens is 1. The Morgan fingerprint density at radius 3 is 1.96 bits per heavy atom. The van der Waals surface area contributed by atoms with Crippen LogP contribution in [0.15, 0.2) is 12.1 Å². The van der Waals surface area contributed by atoms with E-state index >= 15 is 0 Å². The molecule has 1 aromatic carbocycles. The summed E-state index contributed by atoms with van der Waals surface area (Å²) in [6.45, 7) is 13.2. The monoisotopic (exact) mass is 341 g/mol. The van der Waals surface area contributed by atoms with Gasteiger partial charge in [0.1, 0.15) is 5.75 Å². The van der Waals surface area contributed by atoms with Gasteiger partial charge in [-0.05, 0) is 57.9 Å². The summed E-state index contributed by atoms with van der Waals surface area (Å²) >= 11 is 5.23. The molecule has 6 heteroatoms. The molecule has 1 amide bonds. The maximum Gasteiger partial charge on any atom is 0.409 e. The van der Waals surface area contributed by atoms with Crippen LogP contribution in [0.25, 0.3) is 0 Å². The van der Waals surface area contributed by atoms with Gasteiger partial charge < -0.3 is 14.5 Å². The number of benzene rings is 1.